The van der Waals surface area contributed by atoms with Gasteiger partial charge in [0.1, 0.15) is 12.4 Å². The minimum absolute atomic E-state index is 0.326. The highest BCUT2D eigenvalue weighted by atomic mass is 16.5. The number of aryl methyl sites for hydroxylation is 1. The summed E-state index contributed by atoms with van der Waals surface area (Å²) in [5.41, 5.74) is 4.61. The molecule has 0 N–H and O–H groups in total. The Hall–Kier alpha value is -2.62. The van der Waals surface area contributed by atoms with Crippen LogP contribution in [0.1, 0.15) is 27.2 Å². The van der Waals surface area contributed by atoms with Crippen molar-refractivity contribution in [3.8, 4) is 5.75 Å². The molecule has 112 valence electrons. The molecule has 22 heavy (non-hydrogen) atoms. The first kappa shape index (κ1) is 14.3. The van der Waals surface area contributed by atoms with E-state index in [1.807, 2.05) is 37.3 Å². The van der Waals surface area contributed by atoms with Crippen molar-refractivity contribution in [1.29, 1.82) is 0 Å². The van der Waals surface area contributed by atoms with Gasteiger partial charge in [-0.3, -0.25) is 4.98 Å². The van der Waals surface area contributed by atoms with Crippen molar-refractivity contribution >= 4 is 12.0 Å². The number of ether oxygens (including phenoxy) is 2. The molecule has 1 heterocycles. The normalized spacial score (nSPS) is 12.5. The van der Waals surface area contributed by atoms with Gasteiger partial charge in [-0.05, 0) is 42.3 Å². The molecule has 0 radical (unpaired) electrons. The molecule has 2 aromatic rings. The van der Waals surface area contributed by atoms with E-state index < -0.39 is 0 Å². The molecule has 1 aliphatic rings. The third kappa shape index (κ3) is 2.86. The minimum atomic E-state index is -0.326. The number of carbonyl (C=O) groups excluding carboxylic acids is 1. The lowest BCUT2D eigenvalue weighted by molar-refractivity contribution is 0.0599. The van der Waals surface area contributed by atoms with Gasteiger partial charge in [-0.25, -0.2) is 4.79 Å². The molecule has 0 spiro atoms. The van der Waals surface area contributed by atoms with Crippen LogP contribution in [0.25, 0.3) is 6.08 Å². The molecule has 1 aliphatic carbocycles. The Balaban J connectivity index is 1.71. The maximum atomic E-state index is 11.8. The second-order valence-corrected chi connectivity index (χ2v) is 5.29. The van der Waals surface area contributed by atoms with Crippen molar-refractivity contribution in [2.24, 2.45) is 0 Å². The quantitative estimate of drug-likeness (QED) is 0.813. The molecule has 1 aromatic carbocycles. The van der Waals surface area contributed by atoms with E-state index in [1.54, 1.807) is 12.3 Å². The lowest BCUT2D eigenvalue weighted by atomic mass is 10.1. The van der Waals surface area contributed by atoms with Gasteiger partial charge in [0.25, 0.3) is 0 Å². The van der Waals surface area contributed by atoms with Crippen LogP contribution in [0.2, 0.25) is 0 Å². The lowest BCUT2D eigenvalue weighted by Gasteiger charge is -2.08. The highest BCUT2D eigenvalue weighted by Crippen LogP contribution is 2.27. The number of hydrogen-bond donors (Lipinski definition) is 0. The Bertz CT molecular complexity index is 732. The van der Waals surface area contributed by atoms with E-state index in [0.717, 1.165) is 22.6 Å². The Morgan fingerprint density at radius 1 is 1.23 bits per heavy atom. The van der Waals surface area contributed by atoms with E-state index in [1.165, 1.54) is 12.7 Å². The van der Waals surface area contributed by atoms with Gasteiger partial charge in [0.15, 0.2) is 0 Å². The first-order chi connectivity index (χ1) is 10.7. The predicted octanol–water partition coefficient (Wildman–Crippen LogP) is 3.20. The molecule has 0 fully saturated rings. The van der Waals surface area contributed by atoms with Crippen molar-refractivity contribution < 1.29 is 14.3 Å². The fraction of sp³-hybridized carbons (Fsp3) is 0.222. The number of nitrogens with zero attached hydrogens (tertiary/aromatic N) is 1. The summed E-state index contributed by atoms with van der Waals surface area (Å²) in [7, 11) is 1.39. The molecule has 3 rings (SSSR count). The fourth-order valence-corrected chi connectivity index (χ4v) is 2.49. The molecule has 0 saturated heterocycles. The van der Waals surface area contributed by atoms with Crippen LogP contribution in [-0.2, 0) is 11.2 Å². The Morgan fingerprint density at radius 2 is 2.00 bits per heavy atom. The number of methoxy groups -OCH3 is 1. The van der Waals surface area contributed by atoms with Crippen molar-refractivity contribution in [2.45, 2.75) is 13.3 Å². The maximum Gasteiger partial charge on any atom is 0.338 e. The number of hydrogen-bond acceptors (Lipinski definition) is 4. The topological polar surface area (TPSA) is 48.4 Å². The van der Waals surface area contributed by atoms with Crippen LogP contribution < -0.4 is 4.74 Å². The molecule has 0 unspecified atom stereocenters. The fourth-order valence-electron chi connectivity index (χ4n) is 2.49. The van der Waals surface area contributed by atoms with E-state index in [2.05, 4.69) is 4.98 Å². The first-order valence-corrected chi connectivity index (χ1v) is 7.12. The molecule has 0 amide bonds. The standard InChI is InChI=1S/C18H17NO3/c1-12-3-5-14(6-4-12)22-11-13-9-16-15(18(20)21-2)7-8-19-17(16)10-13/h3-8,10H,9,11H2,1-2H3. The number of pyridine rings is 1. The van der Waals surface area contributed by atoms with Crippen LogP contribution >= 0.6 is 0 Å². The number of carbonyl (C=O) groups is 1. The highest BCUT2D eigenvalue weighted by molar-refractivity contribution is 5.92. The van der Waals surface area contributed by atoms with Crippen molar-refractivity contribution in [3.63, 3.8) is 0 Å². The minimum Gasteiger partial charge on any atom is -0.489 e. The molecule has 4 heteroatoms. The smallest absolute Gasteiger partial charge is 0.338 e. The van der Waals surface area contributed by atoms with Gasteiger partial charge in [-0.1, -0.05) is 17.7 Å². The Labute approximate surface area is 129 Å². The van der Waals surface area contributed by atoms with Gasteiger partial charge in [0, 0.05) is 12.6 Å². The summed E-state index contributed by atoms with van der Waals surface area (Å²) in [6.45, 7) is 2.53. The summed E-state index contributed by atoms with van der Waals surface area (Å²) in [6, 6.07) is 9.64. The Kier molecular flexibility index (Phi) is 3.92. The number of aromatic nitrogens is 1. The van der Waals surface area contributed by atoms with Crippen molar-refractivity contribution in [1.82, 2.24) is 4.98 Å². The zero-order valence-corrected chi connectivity index (χ0v) is 12.6. The second-order valence-electron chi connectivity index (χ2n) is 5.29. The van der Waals surface area contributed by atoms with Gasteiger partial charge in [0.05, 0.1) is 18.4 Å². The molecule has 0 bridgehead atoms. The van der Waals surface area contributed by atoms with Crippen LogP contribution in [0.3, 0.4) is 0 Å². The number of esters is 1. The molecule has 0 atom stereocenters. The van der Waals surface area contributed by atoms with Crippen molar-refractivity contribution in [3.05, 3.63) is 64.5 Å². The summed E-state index contributed by atoms with van der Waals surface area (Å²) in [5.74, 6) is 0.511. The average molecular weight is 295 g/mol. The van der Waals surface area contributed by atoms with Crippen molar-refractivity contribution in [2.75, 3.05) is 13.7 Å². The summed E-state index contributed by atoms with van der Waals surface area (Å²) in [4.78, 5) is 16.1. The van der Waals surface area contributed by atoms with Crippen LogP contribution in [0.4, 0.5) is 0 Å². The van der Waals surface area contributed by atoms with Gasteiger partial charge >= 0.3 is 5.97 Å². The van der Waals surface area contributed by atoms with E-state index in [-0.39, 0.29) is 5.97 Å². The predicted molar refractivity (Wildman–Crippen MR) is 83.9 cm³/mol. The van der Waals surface area contributed by atoms with Gasteiger partial charge in [0.2, 0.25) is 0 Å². The van der Waals surface area contributed by atoms with Gasteiger partial charge in [-0.2, -0.15) is 0 Å². The number of benzene rings is 1. The zero-order valence-electron chi connectivity index (χ0n) is 12.6. The molecule has 0 saturated carbocycles. The number of fused-ring (bicyclic) bond motifs is 1. The van der Waals surface area contributed by atoms with Gasteiger partial charge < -0.3 is 9.47 Å². The van der Waals surface area contributed by atoms with E-state index in [4.69, 9.17) is 9.47 Å². The zero-order chi connectivity index (χ0) is 15.5. The van der Waals surface area contributed by atoms with Gasteiger partial charge in [-0.15, -0.1) is 0 Å². The lowest BCUT2D eigenvalue weighted by Crippen LogP contribution is -2.07. The monoisotopic (exact) mass is 295 g/mol. The van der Waals surface area contributed by atoms with Crippen LogP contribution in [-0.4, -0.2) is 24.7 Å². The summed E-state index contributed by atoms with van der Waals surface area (Å²) >= 11 is 0. The van der Waals surface area contributed by atoms with E-state index >= 15 is 0 Å². The summed E-state index contributed by atoms with van der Waals surface area (Å²) < 4.78 is 10.6. The highest BCUT2D eigenvalue weighted by Gasteiger charge is 2.21. The number of rotatable bonds is 4. The average Bonchev–Trinajstić information content (AvgIpc) is 2.96. The maximum absolute atomic E-state index is 11.8. The van der Waals surface area contributed by atoms with E-state index in [0.29, 0.717) is 18.6 Å². The molecule has 4 nitrogen and oxygen atoms in total. The van der Waals surface area contributed by atoms with Crippen LogP contribution in [0, 0.1) is 6.92 Å². The largest absolute Gasteiger partial charge is 0.489 e. The summed E-state index contributed by atoms with van der Waals surface area (Å²) in [6.07, 6.45) is 4.28. The first-order valence-electron chi connectivity index (χ1n) is 7.12. The second kappa shape index (κ2) is 6.02. The molecular formula is C18H17NO3. The van der Waals surface area contributed by atoms with Crippen LogP contribution in [0.5, 0.6) is 5.75 Å². The SMILES string of the molecule is COC(=O)c1ccnc2c1CC(COc1ccc(C)cc1)=C2. The molecular weight excluding hydrogens is 278 g/mol. The molecule has 0 aliphatic heterocycles. The molecule has 1 aromatic heterocycles. The Morgan fingerprint density at radius 3 is 2.73 bits per heavy atom. The van der Waals surface area contributed by atoms with Crippen LogP contribution in [0.15, 0.2) is 42.1 Å². The van der Waals surface area contributed by atoms with E-state index in [9.17, 15) is 4.79 Å². The third-order valence-electron chi connectivity index (χ3n) is 3.68. The summed E-state index contributed by atoms with van der Waals surface area (Å²) in [5, 5.41) is 0. The third-order valence-corrected chi connectivity index (χ3v) is 3.68.